The quantitative estimate of drug-likeness (QED) is 0.729. The number of carbonyl (C=O) groups is 1. The van der Waals surface area contributed by atoms with Crippen LogP contribution in [-0.2, 0) is 4.79 Å². The zero-order valence-corrected chi connectivity index (χ0v) is 9.05. The molecule has 2 heteroatoms. The van der Waals surface area contributed by atoms with E-state index in [2.05, 4.69) is 27.7 Å². The standard InChI is InChI=1S/C11H20O2/c1-10(2)8(11(10,3)4)6-5-7-9(12)13/h8H,5-7H2,1-4H3,(H,12,13). The summed E-state index contributed by atoms with van der Waals surface area (Å²) in [6.45, 7) is 9.10. The van der Waals surface area contributed by atoms with Gasteiger partial charge in [0.25, 0.3) is 0 Å². The minimum absolute atomic E-state index is 0.322. The molecule has 0 bridgehead atoms. The third-order valence-electron chi connectivity index (χ3n) is 4.20. The minimum atomic E-state index is -0.670. The Balaban J connectivity index is 2.30. The molecule has 0 spiro atoms. The van der Waals surface area contributed by atoms with Crippen LogP contribution in [0.1, 0.15) is 47.0 Å². The number of rotatable bonds is 4. The van der Waals surface area contributed by atoms with Gasteiger partial charge in [-0.3, -0.25) is 4.79 Å². The van der Waals surface area contributed by atoms with Crippen LogP contribution in [0.3, 0.4) is 0 Å². The van der Waals surface area contributed by atoms with Crippen LogP contribution < -0.4 is 0 Å². The SMILES string of the molecule is CC1(C)C(CCCC(=O)O)C1(C)C. The average Bonchev–Trinajstić information content (AvgIpc) is 2.30. The Bertz CT molecular complexity index is 202. The molecular weight excluding hydrogens is 164 g/mol. The van der Waals surface area contributed by atoms with E-state index in [9.17, 15) is 4.79 Å². The lowest BCUT2D eigenvalue weighted by molar-refractivity contribution is -0.137. The fraction of sp³-hybridized carbons (Fsp3) is 0.909. The molecule has 1 N–H and O–H groups in total. The van der Waals surface area contributed by atoms with Crippen molar-refractivity contribution in [2.75, 3.05) is 0 Å². The average molecular weight is 184 g/mol. The van der Waals surface area contributed by atoms with E-state index in [0.717, 1.165) is 12.8 Å². The molecule has 13 heavy (non-hydrogen) atoms. The molecule has 0 aromatic heterocycles. The van der Waals surface area contributed by atoms with Gasteiger partial charge >= 0.3 is 5.97 Å². The molecule has 1 rings (SSSR count). The number of carboxylic acids is 1. The summed E-state index contributed by atoms with van der Waals surface area (Å²) >= 11 is 0. The molecule has 0 saturated heterocycles. The molecule has 0 atom stereocenters. The Morgan fingerprint density at radius 1 is 1.23 bits per heavy atom. The van der Waals surface area contributed by atoms with Crippen LogP contribution in [0.15, 0.2) is 0 Å². The zero-order chi connectivity index (χ0) is 10.3. The van der Waals surface area contributed by atoms with E-state index in [1.54, 1.807) is 0 Å². The van der Waals surface area contributed by atoms with Crippen molar-refractivity contribution in [3.05, 3.63) is 0 Å². The van der Waals surface area contributed by atoms with Crippen LogP contribution in [0.4, 0.5) is 0 Å². The Morgan fingerprint density at radius 2 is 1.69 bits per heavy atom. The second-order valence-corrected chi connectivity index (χ2v) is 5.28. The molecule has 0 heterocycles. The smallest absolute Gasteiger partial charge is 0.303 e. The summed E-state index contributed by atoms with van der Waals surface area (Å²) in [5, 5.41) is 8.51. The molecular formula is C11H20O2. The molecule has 76 valence electrons. The monoisotopic (exact) mass is 184 g/mol. The topological polar surface area (TPSA) is 37.3 Å². The molecule has 0 aromatic carbocycles. The van der Waals surface area contributed by atoms with E-state index in [4.69, 9.17) is 5.11 Å². The summed E-state index contributed by atoms with van der Waals surface area (Å²) in [5.41, 5.74) is 0.816. The summed E-state index contributed by atoms with van der Waals surface area (Å²) in [5.74, 6) is 0.0376. The minimum Gasteiger partial charge on any atom is -0.481 e. The van der Waals surface area contributed by atoms with Crippen LogP contribution in [-0.4, -0.2) is 11.1 Å². The first-order chi connectivity index (χ1) is 5.80. The van der Waals surface area contributed by atoms with Gasteiger partial charge in [0, 0.05) is 6.42 Å². The Hall–Kier alpha value is -0.530. The van der Waals surface area contributed by atoms with Crippen LogP contribution in [0, 0.1) is 16.7 Å². The van der Waals surface area contributed by atoms with Gasteiger partial charge in [0.15, 0.2) is 0 Å². The van der Waals surface area contributed by atoms with Crippen molar-refractivity contribution in [2.24, 2.45) is 16.7 Å². The third kappa shape index (κ3) is 1.72. The van der Waals surface area contributed by atoms with Crippen LogP contribution in [0.25, 0.3) is 0 Å². The Morgan fingerprint density at radius 3 is 2.00 bits per heavy atom. The molecule has 1 aliphatic rings. The summed E-state index contributed by atoms with van der Waals surface area (Å²) in [6.07, 6.45) is 2.21. The molecule has 0 aliphatic heterocycles. The molecule has 0 amide bonds. The second-order valence-electron chi connectivity index (χ2n) is 5.28. The molecule has 0 aromatic rings. The third-order valence-corrected chi connectivity index (χ3v) is 4.20. The summed E-state index contributed by atoms with van der Waals surface area (Å²) in [6, 6.07) is 0. The lowest BCUT2D eigenvalue weighted by Gasteiger charge is -2.04. The van der Waals surface area contributed by atoms with Crippen LogP contribution in [0.2, 0.25) is 0 Å². The number of aliphatic carboxylic acids is 1. The first-order valence-corrected chi connectivity index (χ1v) is 5.02. The Kier molecular flexibility index (Phi) is 2.44. The van der Waals surface area contributed by atoms with Crippen molar-refractivity contribution in [3.8, 4) is 0 Å². The number of carboxylic acid groups (broad SMARTS) is 1. The van der Waals surface area contributed by atoms with Gasteiger partial charge in [-0.15, -0.1) is 0 Å². The fourth-order valence-electron chi connectivity index (χ4n) is 2.51. The summed E-state index contributed by atoms with van der Waals surface area (Å²) in [4.78, 5) is 10.3. The lowest BCUT2D eigenvalue weighted by atomic mass is 10.0. The predicted octanol–water partition coefficient (Wildman–Crippen LogP) is 2.92. The first-order valence-electron chi connectivity index (χ1n) is 5.02. The predicted molar refractivity (Wildman–Crippen MR) is 52.5 cm³/mol. The van der Waals surface area contributed by atoms with E-state index in [0.29, 0.717) is 23.2 Å². The zero-order valence-electron chi connectivity index (χ0n) is 9.05. The van der Waals surface area contributed by atoms with Gasteiger partial charge in [0.2, 0.25) is 0 Å². The number of hydrogen-bond acceptors (Lipinski definition) is 1. The van der Waals surface area contributed by atoms with E-state index in [-0.39, 0.29) is 0 Å². The highest BCUT2D eigenvalue weighted by molar-refractivity contribution is 5.66. The van der Waals surface area contributed by atoms with Gasteiger partial charge in [-0.2, -0.15) is 0 Å². The molecule has 0 unspecified atom stereocenters. The fourth-order valence-corrected chi connectivity index (χ4v) is 2.51. The summed E-state index contributed by atoms with van der Waals surface area (Å²) < 4.78 is 0. The van der Waals surface area contributed by atoms with Crippen molar-refractivity contribution in [1.29, 1.82) is 0 Å². The van der Waals surface area contributed by atoms with Gasteiger partial charge in [-0.05, 0) is 29.6 Å². The highest BCUT2D eigenvalue weighted by atomic mass is 16.4. The van der Waals surface area contributed by atoms with Crippen LogP contribution in [0.5, 0.6) is 0 Å². The van der Waals surface area contributed by atoms with Crippen LogP contribution >= 0.6 is 0 Å². The van der Waals surface area contributed by atoms with Crippen molar-refractivity contribution >= 4 is 5.97 Å². The molecule has 0 radical (unpaired) electrons. The van der Waals surface area contributed by atoms with Gasteiger partial charge in [0.05, 0.1) is 0 Å². The largest absolute Gasteiger partial charge is 0.481 e. The lowest BCUT2D eigenvalue weighted by Crippen LogP contribution is -1.96. The maximum absolute atomic E-state index is 10.3. The van der Waals surface area contributed by atoms with E-state index in [1.165, 1.54) is 0 Å². The summed E-state index contributed by atoms with van der Waals surface area (Å²) in [7, 11) is 0. The van der Waals surface area contributed by atoms with Crippen molar-refractivity contribution in [1.82, 2.24) is 0 Å². The van der Waals surface area contributed by atoms with Crippen molar-refractivity contribution in [3.63, 3.8) is 0 Å². The van der Waals surface area contributed by atoms with Gasteiger partial charge in [-0.1, -0.05) is 27.7 Å². The van der Waals surface area contributed by atoms with Gasteiger partial charge in [0.1, 0.15) is 0 Å². The van der Waals surface area contributed by atoms with Crippen molar-refractivity contribution < 1.29 is 9.90 Å². The molecule has 2 nitrogen and oxygen atoms in total. The van der Waals surface area contributed by atoms with Gasteiger partial charge < -0.3 is 5.11 Å². The van der Waals surface area contributed by atoms with Gasteiger partial charge in [-0.25, -0.2) is 0 Å². The Labute approximate surface area is 80.3 Å². The second kappa shape index (κ2) is 3.00. The normalized spacial score (nSPS) is 24.3. The first kappa shape index (κ1) is 10.6. The molecule has 1 saturated carbocycles. The highest BCUT2D eigenvalue weighted by Gasteiger charge is 2.63. The maximum atomic E-state index is 10.3. The van der Waals surface area contributed by atoms with Crippen molar-refractivity contribution in [2.45, 2.75) is 47.0 Å². The van der Waals surface area contributed by atoms with E-state index < -0.39 is 5.97 Å². The molecule has 1 fully saturated rings. The molecule has 1 aliphatic carbocycles. The number of hydrogen-bond donors (Lipinski definition) is 1. The maximum Gasteiger partial charge on any atom is 0.303 e. The van der Waals surface area contributed by atoms with E-state index >= 15 is 0 Å². The highest BCUT2D eigenvalue weighted by Crippen LogP contribution is 2.70. The van der Waals surface area contributed by atoms with E-state index in [1.807, 2.05) is 0 Å².